The van der Waals surface area contributed by atoms with Crippen molar-refractivity contribution >= 4 is 46.4 Å². The van der Waals surface area contributed by atoms with Gasteiger partial charge in [0.15, 0.2) is 0 Å². The first kappa shape index (κ1) is 24.6. The molecular weight excluding hydrogens is 487 g/mol. The maximum atomic E-state index is 12.4. The van der Waals surface area contributed by atoms with Crippen LogP contribution in [0.3, 0.4) is 0 Å². The third-order valence-electron chi connectivity index (χ3n) is 4.71. The van der Waals surface area contributed by atoms with Crippen molar-refractivity contribution in [2.75, 3.05) is 0 Å². The molecule has 0 spiro atoms. The Kier molecular flexibility index (Phi) is 7.77. The summed E-state index contributed by atoms with van der Waals surface area (Å²) >= 11 is 12.0. The van der Waals surface area contributed by atoms with Crippen molar-refractivity contribution in [1.29, 1.82) is 0 Å². The smallest absolute Gasteiger partial charge is 0.270 e. The van der Waals surface area contributed by atoms with Crippen molar-refractivity contribution in [2.45, 2.75) is 13.1 Å². The van der Waals surface area contributed by atoms with E-state index >= 15 is 0 Å². The van der Waals surface area contributed by atoms with Gasteiger partial charge in [-0.05, 0) is 23.3 Å². The first-order valence-corrected chi connectivity index (χ1v) is 10.4. The van der Waals surface area contributed by atoms with E-state index in [0.29, 0.717) is 11.1 Å². The van der Waals surface area contributed by atoms with E-state index in [1.54, 1.807) is 24.3 Å². The second-order valence-electron chi connectivity index (χ2n) is 7.03. The summed E-state index contributed by atoms with van der Waals surface area (Å²) in [7, 11) is 0. The molecule has 10 nitrogen and oxygen atoms in total. The molecule has 2 amide bonds. The van der Waals surface area contributed by atoms with E-state index in [9.17, 15) is 29.8 Å². The quantitative estimate of drug-likeness (QED) is 0.338. The SMILES string of the molecule is O=C(NCc1cccc(CNC(=O)c2cc([N+](=O)[O-])ccc2Cl)c1)c1cc([N+](=O)[O-])ccc1Cl. The number of nitrogens with one attached hydrogen (secondary N) is 2. The third-order valence-corrected chi connectivity index (χ3v) is 5.37. The molecule has 0 aliphatic rings. The Balaban J connectivity index is 1.64. The van der Waals surface area contributed by atoms with Gasteiger partial charge in [-0.1, -0.05) is 47.5 Å². The molecule has 0 saturated carbocycles. The number of nitro benzene ring substituents is 2. The minimum absolute atomic E-state index is 0.0203. The first-order valence-electron chi connectivity index (χ1n) is 9.68. The van der Waals surface area contributed by atoms with Crippen molar-refractivity contribution in [2.24, 2.45) is 0 Å². The zero-order valence-corrected chi connectivity index (χ0v) is 18.8. The monoisotopic (exact) mass is 502 g/mol. The average molecular weight is 503 g/mol. The van der Waals surface area contributed by atoms with Gasteiger partial charge in [-0.15, -0.1) is 0 Å². The molecule has 0 unspecified atom stereocenters. The van der Waals surface area contributed by atoms with Crippen molar-refractivity contribution in [3.8, 4) is 0 Å². The number of rotatable bonds is 8. The summed E-state index contributed by atoms with van der Waals surface area (Å²) in [5.74, 6) is -1.15. The van der Waals surface area contributed by atoms with Gasteiger partial charge in [0.05, 0.1) is 31.0 Å². The molecule has 0 aliphatic heterocycles. The number of halogens is 2. The van der Waals surface area contributed by atoms with Crippen molar-refractivity contribution in [1.82, 2.24) is 10.6 Å². The van der Waals surface area contributed by atoms with Gasteiger partial charge < -0.3 is 10.6 Å². The molecule has 0 saturated heterocycles. The van der Waals surface area contributed by atoms with Crippen LogP contribution < -0.4 is 10.6 Å². The van der Waals surface area contributed by atoms with E-state index in [0.717, 1.165) is 12.1 Å². The van der Waals surface area contributed by atoms with Crippen LogP contribution in [0.5, 0.6) is 0 Å². The van der Waals surface area contributed by atoms with Gasteiger partial charge in [0, 0.05) is 37.4 Å². The normalized spacial score (nSPS) is 10.4. The van der Waals surface area contributed by atoms with Crippen LogP contribution in [0.1, 0.15) is 31.8 Å². The second-order valence-corrected chi connectivity index (χ2v) is 7.84. The van der Waals surface area contributed by atoms with Crippen LogP contribution in [0.25, 0.3) is 0 Å². The topological polar surface area (TPSA) is 144 Å². The maximum absolute atomic E-state index is 12.4. The molecule has 3 rings (SSSR count). The molecule has 2 N–H and O–H groups in total. The predicted octanol–water partition coefficient (Wildman–Crippen LogP) is 4.67. The van der Waals surface area contributed by atoms with Crippen LogP contribution in [0.15, 0.2) is 60.7 Å². The number of amides is 2. The van der Waals surface area contributed by atoms with Crippen molar-refractivity contribution in [3.05, 3.63) is 113 Å². The highest BCUT2D eigenvalue weighted by Crippen LogP contribution is 2.23. The Morgan fingerprint density at radius 2 is 1.12 bits per heavy atom. The van der Waals surface area contributed by atoms with Crippen molar-refractivity contribution < 1.29 is 19.4 Å². The summed E-state index contributed by atoms with van der Waals surface area (Å²) in [5, 5.41) is 27.3. The average Bonchev–Trinajstić information content (AvgIpc) is 2.81. The fourth-order valence-corrected chi connectivity index (χ4v) is 3.41. The molecule has 3 aromatic carbocycles. The minimum Gasteiger partial charge on any atom is -0.348 e. The predicted molar refractivity (Wildman–Crippen MR) is 125 cm³/mol. The Morgan fingerprint density at radius 1 is 0.706 bits per heavy atom. The van der Waals surface area contributed by atoms with Gasteiger partial charge in [0.1, 0.15) is 0 Å². The Hall–Kier alpha value is -4.02. The summed E-state index contributed by atoms with van der Waals surface area (Å²) in [6, 6.07) is 14.1. The van der Waals surface area contributed by atoms with Crippen LogP contribution in [0.4, 0.5) is 11.4 Å². The van der Waals surface area contributed by atoms with Crippen LogP contribution >= 0.6 is 23.2 Å². The Labute approximate surface area is 202 Å². The van der Waals surface area contributed by atoms with Crippen LogP contribution in [-0.4, -0.2) is 21.7 Å². The van der Waals surface area contributed by atoms with Crippen LogP contribution in [0.2, 0.25) is 10.0 Å². The number of hydrogen-bond acceptors (Lipinski definition) is 6. The van der Waals surface area contributed by atoms with E-state index in [1.165, 1.54) is 24.3 Å². The van der Waals surface area contributed by atoms with E-state index in [-0.39, 0.29) is 45.6 Å². The molecule has 0 aliphatic carbocycles. The summed E-state index contributed by atoms with van der Waals surface area (Å²) in [5.41, 5.74) is 0.860. The molecule has 3 aromatic rings. The van der Waals surface area contributed by atoms with Gasteiger partial charge in [-0.2, -0.15) is 0 Å². The molecule has 0 aromatic heterocycles. The van der Waals surface area contributed by atoms with Gasteiger partial charge in [0.25, 0.3) is 23.2 Å². The van der Waals surface area contributed by atoms with Crippen LogP contribution in [-0.2, 0) is 13.1 Å². The highest BCUT2D eigenvalue weighted by Gasteiger charge is 2.17. The van der Waals surface area contributed by atoms with E-state index in [1.807, 2.05) is 0 Å². The molecule has 174 valence electrons. The van der Waals surface area contributed by atoms with Crippen LogP contribution in [0, 0.1) is 20.2 Å². The standard InChI is InChI=1S/C22H16Cl2N4O6/c23-19-6-4-15(27(31)32)9-17(19)21(29)25-11-13-2-1-3-14(8-13)12-26-22(30)18-10-16(28(33)34)5-7-20(18)24/h1-10H,11-12H2,(H,25,29)(H,26,30). The summed E-state index contributed by atoms with van der Waals surface area (Å²) in [6.45, 7) is 0.215. The van der Waals surface area contributed by atoms with E-state index < -0.39 is 21.7 Å². The minimum atomic E-state index is -0.619. The van der Waals surface area contributed by atoms with E-state index in [2.05, 4.69) is 10.6 Å². The molecule has 0 radical (unpaired) electrons. The number of nitrogens with zero attached hydrogens (tertiary/aromatic N) is 2. The molecule has 0 bridgehead atoms. The molecule has 0 atom stereocenters. The lowest BCUT2D eigenvalue weighted by Gasteiger charge is -2.10. The Bertz CT molecular complexity index is 1200. The number of carbonyl (C=O) groups is 2. The number of hydrogen-bond donors (Lipinski definition) is 2. The van der Waals surface area contributed by atoms with Crippen molar-refractivity contribution in [3.63, 3.8) is 0 Å². The summed E-state index contributed by atoms with van der Waals surface area (Å²) in [6.07, 6.45) is 0. The lowest BCUT2D eigenvalue weighted by molar-refractivity contribution is -0.385. The van der Waals surface area contributed by atoms with Gasteiger partial charge in [-0.3, -0.25) is 29.8 Å². The molecule has 12 heteroatoms. The zero-order valence-electron chi connectivity index (χ0n) is 17.3. The highest BCUT2D eigenvalue weighted by molar-refractivity contribution is 6.34. The van der Waals surface area contributed by atoms with Gasteiger partial charge >= 0.3 is 0 Å². The molecular formula is C22H16Cl2N4O6. The van der Waals surface area contributed by atoms with Gasteiger partial charge in [0.2, 0.25) is 0 Å². The first-order chi connectivity index (χ1) is 16.2. The largest absolute Gasteiger partial charge is 0.348 e. The Morgan fingerprint density at radius 3 is 1.50 bits per heavy atom. The molecule has 0 heterocycles. The summed E-state index contributed by atoms with van der Waals surface area (Å²) < 4.78 is 0. The molecule has 34 heavy (non-hydrogen) atoms. The maximum Gasteiger partial charge on any atom is 0.270 e. The van der Waals surface area contributed by atoms with Gasteiger partial charge in [-0.25, -0.2) is 0 Å². The second kappa shape index (κ2) is 10.7. The van der Waals surface area contributed by atoms with E-state index in [4.69, 9.17) is 23.2 Å². The third kappa shape index (κ3) is 6.06. The lowest BCUT2D eigenvalue weighted by atomic mass is 10.1. The molecule has 0 fully saturated rings. The number of nitro groups is 2. The number of benzene rings is 3. The fourth-order valence-electron chi connectivity index (χ4n) is 3.01. The highest BCUT2D eigenvalue weighted by atomic mass is 35.5. The number of non-ortho nitro benzene ring substituents is 2. The zero-order chi connectivity index (χ0) is 24.8. The fraction of sp³-hybridized carbons (Fsp3) is 0.0909. The lowest BCUT2D eigenvalue weighted by Crippen LogP contribution is -2.24. The number of carbonyl (C=O) groups excluding carboxylic acids is 2. The summed E-state index contributed by atoms with van der Waals surface area (Å²) in [4.78, 5) is 45.5.